The van der Waals surface area contributed by atoms with Crippen molar-refractivity contribution in [3.8, 4) is 5.75 Å². The molecule has 1 heterocycles. The van der Waals surface area contributed by atoms with E-state index in [2.05, 4.69) is 25.9 Å². The SMILES string of the molecule is Cc1cc(C)n(C(=O)COc2ccc(C(C)(C)C)cc2)n1. The van der Waals surface area contributed by atoms with E-state index >= 15 is 0 Å². The topological polar surface area (TPSA) is 44.1 Å². The van der Waals surface area contributed by atoms with Crippen molar-refractivity contribution in [1.82, 2.24) is 9.78 Å². The van der Waals surface area contributed by atoms with Gasteiger partial charge in [-0.2, -0.15) is 5.10 Å². The van der Waals surface area contributed by atoms with Crippen LogP contribution in [0.5, 0.6) is 5.75 Å². The summed E-state index contributed by atoms with van der Waals surface area (Å²) in [5, 5.41) is 4.16. The Bertz CT molecular complexity index is 634. The first-order valence-electron chi connectivity index (χ1n) is 7.07. The maximum atomic E-state index is 12.1. The van der Waals surface area contributed by atoms with Gasteiger partial charge in [0.25, 0.3) is 5.91 Å². The minimum atomic E-state index is -0.166. The third-order valence-corrected chi connectivity index (χ3v) is 3.33. The molecule has 0 amide bonds. The maximum Gasteiger partial charge on any atom is 0.284 e. The number of ether oxygens (including phenoxy) is 1. The highest BCUT2D eigenvalue weighted by Gasteiger charge is 2.14. The van der Waals surface area contributed by atoms with E-state index in [0.717, 1.165) is 11.4 Å². The molecule has 0 unspecified atom stereocenters. The summed E-state index contributed by atoms with van der Waals surface area (Å²) in [5.74, 6) is 0.526. The third-order valence-electron chi connectivity index (χ3n) is 3.33. The molecule has 1 aromatic heterocycles. The van der Waals surface area contributed by atoms with E-state index in [9.17, 15) is 4.79 Å². The maximum absolute atomic E-state index is 12.1. The highest BCUT2D eigenvalue weighted by atomic mass is 16.5. The summed E-state index contributed by atoms with van der Waals surface area (Å²) in [4.78, 5) is 12.1. The molecule has 0 saturated carbocycles. The zero-order valence-electron chi connectivity index (χ0n) is 13.3. The second-order valence-electron chi connectivity index (χ2n) is 6.30. The van der Waals surface area contributed by atoms with Gasteiger partial charge in [0.2, 0.25) is 0 Å². The Labute approximate surface area is 125 Å². The normalized spacial score (nSPS) is 11.5. The van der Waals surface area contributed by atoms with Crippen LogP contribution >= 0.6 is 0 Å². The zero-order valence-corrected chi connectivity index (χ0v) is 13.3. The van der Waals surface area contributed by atoms with E-state index in [1.54, 1.807) is 0 Å². The van der Waals surface area contributed by atoms with E-state index < -0.39 is 0 Å². The van der Waals surface area contributed by atoms with Crippen LogP contribution in [0, 0.1) is 13.8 Å². The van der Waals surface area contributed by atoms with Gasteiger partial charge in [-0.1, -0.05) is 32.9 Å². The average molecular weight is 286 g/mol. The van der Waals surface area contributed by atoms with Crippen LogP contribution in [-0.2, 0) is 5.41 Å². The summed E-state index contributed by atoms with van der Waals surface area (Å²) < 4.78 is 6.93. The molecule has 0 radical (unpaired) electrons. The molecule has 4 nitrogen and oxygen atoms in total. The average Bonchev–Trinajstić information content (AvgIpc) is 2.74. The van der Waals surface area contributed by atoms with Crippen molar-refractivity contribution < 1.29 is 9.53 Å². The molecule has 4 heteroatoms. The van der Waals surface area contributed by atoms with Gasteiger partial charge in [-0.25, -0.2) is 4.68 Å². The van der Waals surface area contributed by atoms with Crippen molar-refractivity contribution >= 4 is 5.91 Å². The number of aryl methyl sites for hydroxylation is 2. The van der Waals surface area contributed by atoms with Crippen molar-refractivity contribution in [1.29, 1.82) is 0 Å². The van der Waals surface area contributed by atoms with E-state index in [0.29, 0.717) is 5.75 Å². The molecule has 0 N–H and O–H groups in total. The summed E-state index contributed by atoms with van der Waals surface area (Å²) >= 11 is 0. The van der Waals surface area contributed by atoms with Gasteiger partial charge in [-0.3, -0.25) is 4.79 Å². The molecule has 112 valence electrons. The molecule has 0 spiro atoms. The van der Waals surface area contributed by atoms with Crippen LogP contribution in [0.4, 0.5) is 0 Å². The standard InChI is InChI=1S/C17H22N2O2/c1-12-10-13(2)19(18-12)16(20)11-21-15-8-6-14(7-9-15)17(3,4)5/h6-10H,11H2,1-5H3. The fourth-order valence-electron chi connectivity index (χ4n) is 2.14. The highest BCUT2D eigenvalue weighted by Crippen LogP contribution is 2.24. The number of carbonyl (C=O) groups excluding carboxylic acids is 1. The van der Waals surface area contributed by atoms with Crippen molar-refractivity contribution in [2.24, 2.45) is 0 Å². The van der Waals surface area contributed by atoms with Gasteiger partial charge in [-0.05, 0) is 43.0 Å². The van der Waals surface area contributed by atoms with E-state index in [1.807, 2.05) is 44.2 Å². The first-order valence-corrected chi connectivity index (χ1v) is 7.07. The predicted molar refractivity (Wildman–Crippen MR) is 83.0 cm³/mol. The van der Waals surface area contributed by atoms with Gasteiger partial charge < -0.3 is 4.74 Å². The fourth-order valence-corrected chi connectivity index (χ4v) is 2.14. The van der Waals surface area contributed by atoms with E-state index in [-0.39, 0.29) is 17.9 Å². The second-order valence-corrected chi connectivity index (χ2v) is 6.30. The Morgan fingerprint density at radius 1 is 1.19 bits per heavy atom. The van der Waals surface area contributed by atoms with Crippen LogP contribution in [0.2, 0.25) is 0 Å². The summed E-state index contributed by atoms with van der Waals surface area (Å²) in [6.07, 6.45) is 0. The molecule has 2 aromatic rings. The van der Waals surface area contributed by atoms with Crippen molar-refractivity contribution in [3.63, 3.8) is 0 Å². The van der Waals surface area contributed by atoms with Crippen molar-refractivity contribution in [2.75, 3.05) is 6.61 Å². The zero-order chi connectivity index (χ0) is 15.6. The molecule has 0 atom stereocenters. The van der Waals surface area contributed by atoms with Gasteiger partial charge in [0.1, 0.15) is 5.75 Å². The first-order chi connectivity index (χ1) is 9.77. The molecule has 21 heavy (non-hydrogen) atoms. The van der Waals surface area contributed by atoms with Crippen LogP contribution in [0.3, 0.4) is 0 Å². The quantitative estimate of drug-likeness (QED) is 0.867. The van der Waals surface area contributed by atoms with Gasteiger partial charge in [0.05, 0.1) is 5.69 Å². The van der Waals surface area contributed by atoms with E-state index in [1.165, 1.54) is 10.2 Å². The Morgan fingerprint density at radius 3 is 2.29 bits per heavy atom. The van der Waals surface area contributed by atoms with Crippen LogP contribution in [0.1, 0.15) is 42.5 Å². The molecule has 0 aliphatic carbocycles. The highest BCUT2D eigenvalue weighted by molar-refractivity contribution is 5.80. The fraction of sp³-hybridized carbons (Fsp3) is 0.412. The lowest BCUT2D eigenvalue weighted by molar-refractivity contribution is 0.0818. The number of nitrogens with zero attached hydrogens (tertiary/aromatic N) is 2. The molecule has 0 bridgehead atoms. The number of benzene rings is 1. The largest absolute Gasteiger partial charge is 0.484 e. The Kier molecular flexibility index (Phi) is 4.16. The molecule has 0 fully saturated rings. The van der Waals surface area contributed by atoms with Gasteiger partial charge in [0, 0.05) is 5.69 Å². The molecule has 2 rings (SSSR count). The summed E-state index contributed by atoms with van der Waals surface area (Å²) in [6.45, 7) is 10.2. The summed E-state index contributed by atoms with van der Waals surface area (Å²) in [7, 11) is 0. The first kappa shape index (κ1) is 15.3. The molecule has 0 saturated heterocycles. The van der Waals surface area contributed by atoms with Gasteiger partial charge in [-0.15, -0.1) is 0 Å². The third kappa shape index (κ3) is 3.72. The lowest BCUT2D eigenvalue weighted by Crippen LogP contribution is -2.21. The summed E-state index contributed by atoms with van der Waals surface area (Å²) in [6, 6.07) is 9.73. The number of rotatable bonds is 3. The van der Waals surface area contributed by atoms with Crippen LogP contribution in [0.15, 0.2) is 30.3 Å². The van der Waals surface area contributed by atoms with E-state index in [4.69, 9.17) is 4.74 Å². The molecule has 0 aliphatic heterocycles. The lowest BCUT2D eigenvalue weighted by atomic mass is 9.87. The summed E-state index contributed by atoms with van der Waals surface area (Å²) in [5.41, 5.74) is 3.00. The Hall–Kier alpha value is -2.10. The Balaban J connectivity index is 2.00. The molecule has 0 aliphatic rings. The van der Waals surface area contributed by atoms with Crippen LogP contribution < -0.4 is 4.74 Å². The Morgan fingerprint density at radius 2 is 1.81 bits per heavy atom. The predicted octanol–water partition coefficient (Wildman–Crippen LogP) is 3.52. The number of hydrogen-bond donors (Lipinski definition) is 0. The monoisotopic (exact) mass is 286 g/mol. The van der Waals surface area contributed by atoms with Crippen molar-refractivity contribution in [2.45, 2.75) is 40.0 Å². The van der Waals surface area contributed by atoms with Crippen molar-refractivity contribution in [3.05, 3.63) is 47.3 Å². The minimum absolute atomic E-state index is 0.0170. The molecular weight excluding hydrogens is 264 g/mol. The van der Waals surface area contributed by atoms with Crippen LogP contribution in [0.25, 0.3) is 0 Å². The molecular formula is C17H22N2O2. The second kappa shape index (κ2) is 5.72. The number of carbonyl (C=O) groups is 1. The van der Waals surface area contributed by atoms with Gasteiger partial charge >= 0.3 is 0 Å². The van der Waals surface area contributed by atoms with Crippen LogP contribution in [-0.4, -0.2) is 22.3 Å². The molecule has 1 aromatic carbocycles. The minimum Gasteiger partial charge on any atom is -0.484 e. The number of hydrogen-bond acceptors (Lipinski definition) is 3. The lowest BCUT2D eigenvalue weighted by Gasteiger charge is -2.19. The smallest absolute Gasteiger partial charge is 0.284 e. The van der Waals surface area contributed by atoms with Gasteiger partial charge in [0.15, 0.2) is 6.61 Å². The number of aromatic nitrogens is 2.